The monoisotopic (exact) mass is 546 g/mol. The SMILES string of the molecule is C=C(C)C(=O)OCCN(C(=O)C(F)(F)F)C(=O)C(F)(F)F.C=C(C)C(=O)OCCNC(=O)C(F)(F)F. The largest absolute Gasteiger partial charge is 0.471 e. The molecule has 0 fully saturated rings. The first kappa shape index (κ1) is 34.6. The summed E-state index contributed by atoms with van der Waals surface area (Å²) in [5, 5.41) is 1.55. The van der Waals surface area contributed by atoms with Crippen LogP contribution in [0.4, 0.5) is 39.5 Å². The van der Waals surface area contributed by atoms with Gasteiger partial charge in [-0.2, -0.15) is 39.5 Å². The molecule has 18 heteroatoms. The van der Waals surface area contributed by atoms with Crippen molar-refractivity contribution in [3.63, 3.8) is 0 Å². The summed E-state index contributed by atoms with van der Waals surface area (Å²) < 4.78 is 116. The van der Waals surface area contributed by atoms with E-state index in [4.69, 9.17) is 0 Å². The van der Waals surface area contributed by atoms with Crippen molar-refractivity contribution >= 4 is 29.7 Å². The molecule has 0 rings (SSSR count). The third-order valence-corrected chi connectivity index (χ3v) is 3.10. The van der Waals surface area contributed by atoms with Gasteiger partial charge in [0.25, 0.3) is 0 Å². The first-order chi connectivity index (χ1) is 16.0. The molecule has 3 amide bonds. The molecule has 0 unspecified atom stereocenters. The number of halogens is 9. The van der Waals surface area contributed by atoms with Crippen LogP contribution in [0.3, 0.4) is 0 Å². The zero-order valence-electron chi connectivity index (χ0n) is 18.4. The number of rotatable bonds is 8. The second-order valence-corrected chi connectivity index (χ2v) is 6.34. The number of esters is 2. The lowest BCUT2D eigenvalue weighted by Crippen LogP contribution is -2.51. The smallest absolute Gasteiger partial charge is 0.460 e. The second kappa shape index (κ2) is 14.1. The number of nitrogens with one attached hydrogen (secondary N) is 1. The summed E-state index contributed by atoms with van der Waals surface area (Å²) in [7, 11) is 0. The van der Waals surface area contributed by atoms with Crippen molar-refractivity contribution in [2.75, 3.05) is 26.3 Å². The van der Waals surface area contributed by atoms with Crippen LogP contribution < -0.4 is 5.32 Å². The minimum Gasteiger partial charge on any atom is -0.460 e. The van der Waals surface area contributed by atoms with Crippen LogP contribution in [0.5, 0.6) is 0 Å². The fraction of sp³-hybridized carbons (Fsp3) is 0.500. The summed E-state index contributed by atoms with van der Waals surface area (Å²) in [5.41, 5.74) is -0.0250. The van der Waals surface area contributed by atoms with Gasteiger partial charge in [-0.15, -0.1) is 0 Å². The molecule has 0 aromatic rings. The minimum atomic E-state index is -5.68. The topological polar surface area (TPSA) is 119 Å². The maximum atomic E-state index is 12.1. The number of nitrogens with zero attached hydrogens (tertiary/aromatic N) is 1. The summed E-state index contributed by atoms with van der Waals surface area (Å²) in [5.74, 6) is -9.87. The first-order valence-corrected chi connectivity index (χ1v) is 9.03. The van der Waals surface area contributed by atoms with Crippen LogP contribution in [0.1, 0.15) is 13.8 Å². The predicted octanol–water partition coefficient (Wildman–Crippen LogP) is 2.37. The van der Waals surface area contributed by atoms with Gasteiger partial charge in [0.15, 0.2) is 0 Å². The highest BCUT2D eigenvalue weighted by Gasteiger charge is 2.51. The molecule has 0 aliphatic heterocycles. The Labute approximate surface area is 196 Å². The van der Waals surface area contributed by atoms with Gasteiger partial charge in [-0.05, 0) is 13.8 Å². The lowest BCUT2D eigenvalue weighted by atomic mass is 10.3. The lowest BCUT2D eigenvalue weighted by Gasteiger charge is -2.22. The van der Waals surface area contributed by atoms with Gasteiger partial charge in [-0.3, -0.25) is 19.3 Å². The van der Waals surface area contributed by atoms with E-state index in [1.54, 1.807) is 5.32 Å². The van der Waals surface area contributed by atoms with Crippen molar-refractivity contribution in [3.8, 4) is 0 Å². The number of imide groups is 1. The van der Waals surface area contributed by atoms with Gasteiger partial charge in [0.05, 0.1) is 13.1 Å². The molecule has 0 saturated carbocycles. The van der Waals surface area contributed by atoms with Crippen LogP contribution in [0.25, 0.3) is 0 Å². The average Bonchev–Trinajstić information content (AvgIpc) is 2.71. The number of carbonyl (C=O) groups excluding carboxylic acids is 5. The van der Waals surface area contributed by atoms with Crippen molar-refractivity contribution in [3.05, 3.63) is 24.3 Å². The van der Waals surface area contributed by atoms with E-state index in [2.05, 4.69) is 22.6 Å². The number of carbonyl (C=O) groups is 5. The van der Waals surface area contributed by atoms with Crippen LogP contribution >= 0.6 is 0 Å². The van der Waals surface area contributed by atoms with Gasteiger partial charge in [0.1, 0.15) is 13.2 Å². The highest BCUT2D eigenvalue weighted by Crippen LogP contribution is 2.24. The Morgan fingerprint density at radius 3 is 1.36 bits per heavy atom. The Morgan fingerprint density at radius 1 is 0.694 bits per heavy atom. The maximum Gasteiger partial charge on any atom is 0.471 e. The molecular formula is C18H19F9N2O7. The molecule has 9 nitrogen and oxygen atoms in total. The third kappa shape index (κ3) is 14.0. The minimum absolute atomic E-state index is 0.136. The summed E-state index contributed by atoms with van der Waals surface area (Å²) in [6.45, 7) is 5.82. The van der Waals surface area contributed by atoms with Crippen molar-refractivity contribution in [1.82, 2.24) is 10.2 Å². The number of hydrogen-bond donors (Lipinski definition) is 1. The number of amides is 3. The Morgan fingerprint density at radius 2 is 1.06 bits per heavy atom. The van der Waals surface area contributed by atoms with Crippen LogP contribution in [0, 0.1) is 0 Å². The number of hydrogen-bond acceptors (Lipinski definition) is 7. The zero-order chi connectivity index (χ0) is 29.1. The zero-order valence-corrected chi connectivity index (χ0v) is 18.4. The van der Waals surface area contributed by atoms with Crippen molar-refractivity contribution < 1.29 is 73.0 Å². The Bertz CT molecular complexity index is 836. The van der Waals surface area contributed by atoms with Crippen LogP contribution in [-0.2, 0) is 33.4 Å². The van der Waals surface area contributed by atoms with E-state index in [-0.39, 0.29) is 17.8 Å². The molecule has 36 heavy (non-hydrogen) atoms. The van der Waals surface area contributed by atoms with Gasteiger partial charge >= 0.3 is 48.2 Å². The Kier molecular flexibility index (Phi) is 13.5. The van der Waals surface area contributed by atoms with E-state index < -0.39 is 72.8 Å². The van der Waals surface area contributed by atoms with Crippen molar-refractivity contribution in [2.24, 2.45) is 0 Å². The normalized spacial score (nSPS) is 11.3. The number of alkyl halides is 9. The molecule has 1 N–H and O–H groups in total. The Balaban J connectivity index is 0. The quantitative estimate of drug-likeness (QED) is 0.215. The fourth-order valence-corrected chi connectivity index (χ4v) is 1.49. The predicted molar refractivity (Wildman–Crippen MR) is 99.4 cm³/mol. The van der Waals surface area contributed by atoms with Crippen LogP contribution in [-0.4, -0.2) is 79.4 Å². The first-order valence-electron chi connectivity index (χ1n) is 9.03. The summed E-state index contributed by atoms with van der Waals surface area (Å²) in [6, 6.07) is 0. The molecule has 0 radical (unpaired) electrons. The highest BCUT2D eigenvalue weighted by atomic mass is 19.4. The molecule has 0 aromatic carbocycles. The fourth-order valence-electron chi connectivity index (χ4n) is 1.49. The molecule has 0 aliphatic rings. The standard InChI is InChI=1S/C10H9F6NO4.C8H10F3NO3/c1-5(2)6(18)21-4-3-17(7(19)9(11,12)13)8(20)10(14,15)16;1-5(2)6(13)15-4-3-12-7(14)8(9,10)11/h1,3-4H2,2H3;1,3-4H2,2H3,(H,12,14). The van der Waals surface area contributed by atoms with Crippen molar-refractivity contribution in [2.45, 2.75) is 32.4 Å². The van der Waals surface area contributed by atoms with E-state index in [1.165, 1.54) is 13.8 Å². The molecular weight excluding hydrogens is 527 g/mol. The molecule has 206 valence electrons. The van der Waals surface area contributed by atoms with Crippen LogP contribution in [0.15, 0.2) is 24.3 Å². The van der Waals surface area contributed by atoms with Gasteiger partial charge in [-0.1, -0.05) is 13.2 Å². The molecule has 0 bridgehead atoms. The third-order valence-electron chi connectivity index (χ3n) is 3.10. The average molecular weight is 546 g/mol. The van der Waals surface area contributed by atoms with Crippen molar-refractivity contribution in [1.29, 1.82) is 0 Å². The van der Waals surface area contributed by atoms with E-state index >= 15 is 0 Å². The van der Waals surface area contributed by atoms with Gasteiger partial charge in [0.2, 0.25) is 0 Å². The Hall–Kier alpha value is -3.60. The van der Waals surface area contributed by atoms with Gasteiger partial charge in [-0.25, -0.2) is 9.59 Å². The summed E-state index contributed by atoms with van der Waals surface area (Å²) in [6.07, 6.45) is -16.3. The lowest BCUT2D eigenvalue weighted by molar-refractivity contribution is -0.204. The van der Waals surface area contributed by atoms with E-state index in [9.17, 15) is 63.5 Å². The molecule has 0 atom stereocenters. The molecule has 0 aliphatic carbocycles. The number of ether oxygens (including phenoxy) is 2. The van der Waals surface area contributed by atoms with Gasteiger partial charge < -0.3 is 14.8 Å². The summed E-state index contributed by atoms with van der Waals surface area (Å²) >= 11 is 0. The molecule has 0 spiro atoms. The molecule has 0 saturated heterocycles. The molecule has 0 aromatic heterocycles. The van der Waals surface area contributed by atoms with Crippen LogP contribution in [0.2, 0.25) is 0 Å². The van der Waals surface area contributed by atoms with Gasteiger partial charge in [0, 0.05) is 11.1 Å². The van der Waals surface area contributed by atoms with E-state index in [0.29, 0.717) is 0 Å². The summed E-state index contributed by atoms with van der Waals surface area (Å²) in [4.78, 5) is 52.4. The molecule has 0 heterocycles. The maximum absolute atomic E-state index is 12.1. The van der Waals surface area contributed by atoms with E-state index in [0.717, 1.165) is 0 Å². The second-order valence-electron chi connectivity index (χ2n) is 6.34. The highest BCUT2D eigenvalue weighted by molar-refractivity contribution is 6.00. The van der Waals surface area contributed by atoms with E-state index in [1.807, 2.05) is 0 Å².